The lowest BCUT2D eigenvalue weighted by atomic mass is 10.0. The zero-order valence-corrected chi connectivity index (χ0v) is 7.96. The minimum atomic E-state index is -0.447. The Morgan fingerprint density at radius 2 is 2.36 bits per heavy atom. The van der Waals surface area contributed by atoms with Crippen LogP contribution < -0.4 is 11.3 Å². The molecule has 3 N–H and O–H groups in total. The van der Waals surface area contributed by atoms with Gasteiger partial charge in [-0.25, -0.2) is 9.82 Å². The molecule has 0 aliphatic heterocycles. The summed E-state index contributed by atoms with van der Waals surface area (Å²) in [5.41, 5.74) is 3.15. The summed E-state index contributed by atoms with van der Waals surface area (Å²) < 4.78 is 12.8. The highest BCUT2D eigenvalue weighted by molar-refractivity contribution is 5.81. The normalized spacial score (nSPS) is 12.5. The van der Waals surface area contributed by atoms with E-state index in [0.717, 1.165) is 5.56 Å². The molecule has 0 saturated heterocycles. The lowest BCUT2D eigenvalue weighted by Crippen LogP contribution is -2.41. The van der Waals surface area contributed by atoms with E-state index < -0.39 is 6.04 Å². The van der Waals surface area contributed by atoms with Crippen molar-refractivity contribution in [3.8, 4) is 0 Å². The van der Waals surface area contributed by atoms with Crippen molar-refractivity contribution in [2.24, 2.45) is 5.84 Å². The van der Waals surface area contributed by atoms with Gasteiger partial charge in [-0.1, -0.05) is 12.1 Å². The first-order valence-electron chi connectivity index (χ1n) is 4.34. The summed E-state index contributed by atoms with van der Waals surface area (Å²) in [7, 11) is 0. The Morgan fingerprint density at radius 3 is 2.86 bits per heavy atom. The molecule has 0 fully saturated rings. The van der Waals surface area contributed by atoms with Gasteiger partial charge in [0.1, 0.15) is 11.6 Å². The third-order valence-electron chi connectivity index (χ3n) is 2.02. The summed E-state index contributed by atoms with van der Waals surface area (Å²) in [4.78, 5) is 11.0. The van der Waals surface area contributed by atoms with Gasteiger partial charge in [-0.2, -0.15) is 0 Å². The number of ketones is 1. The van der Waals surface area contributed by atoms with E-state index in [-0.39, 0.29) is 11.6 Å². The number of rotatable bonds is 4. The second-order valence-electron chi connectivity index (χ2n) is 3.16. The zero-order valence-electron chi connectivity index (χ0n) is 7.96. The standard InChI is InChI=1S/C10H13FN2O/c1-7(14)10(13-12)6-8-3-2-4-9(11)5-8/h2-5,10,13H,6,12H2,1H3/t10-/m1/s1. The van der Waals surface area contributed by atoms with Gasteiger partial charge >= 0.3 is 0 Å². The van der Waals surface area contributed by atoms with Crippen molar-refractivity contribution in [1.29, 1.82) is 0 Å². The van der Waals surface area contributed by atoms with E-state index in [1.165, 1.54) is 19.1 Å². The first-order valence-corrected chi connectivity index (χ1v) is 4.34. The van der Waals surface area contributed by atoms with Crippen molar-refractivity contribution >= 4 is 5.78 Å². The van der Waals surface area contributed by atoms with E-state index >= 15 is 0 Å². The molecular formula is C10H13FN2O. The molecule has 0 amide bonds. The van der Waals surface area contributed by atoms with Crippen molar-refractivity contribution in [3.05, 3.63) is 35.6 Å². The number of nitrogens with one attached hydrogen (secondary N) is 1. The fourth-order valence-corrected chi connectivity index (χ4v) is 1.22. The maximum absolute atomic E-state index is 12.8. The number of hydrogen-bond acceptors (Lipinski definition) is 3. The minimum absolute atomic E-state index is 0.0586. The number of halogens is 1. The van der Waals surface area contributed by atoms with E-state index in [9.17, 15) is 9.18 Å². The van der Waals surface area contributed by atoms with Crippen LogP contribution in [0, 0.1) is 5.82 Å². The number of hydrogen-bond donors (Lipinski definition) is 2. The van der Waals surface area contributed by atoms with E-state index in [0.29, 0.717) is 6.42 Å². The fraction of sp³-hybridized carbons (Fsp3) is 0.300. The van der Waals surface area contributed by atoms with Crippen molar-refractivity contribution in [2.75, 3.05) is 0 Å². The van der Waals surface area contributed by atoms with Crippen LogP contribution in [0.5, 0.6) is 0 Å². The van der Waals surface area contributed by atoms with Gasteiger partial charge < -0.3 is 0 Å². The third kappa shape index (κ3) is 2.90. The molecule has 1 aromatic rings. The Balaban J connectivity index is 2.72. The molecule has 4 heteroatoms. The molecule has 1 atom stereocenters. The van der Waals surface area contributed by atoms with Gasteiger partial charge in [0.15, 0.2) is 0 Å². The molecule has 0 aromatic heterocycles. The molecule has 1 rings (SSSR count). The molecular weight excluding hydrogens is 183 g/mol. The van der Waals surface area contributed by atoms with Gasteiger partial charge in [0.05, 0.1) is 6.04 Å². The molecule has 14 heavy (non-hydrogen) atoms. The summed E-state index contributed by atoms with van der Waals surface area (Å²) in [5, 5.41) is 0. The molecule has 0 radical (unpaired) electrons. The summed E-state index contributed by atoms with van der Waals surface area (Å²) in [6, 6.07) is 5.68. The van der Waals surface area contributed by atoms with Crippen LogP contribution in [0.25, 0.3) is 0 Å². The highest BCUT2D eigenvalue weighted by atomic mass is 19.1. The molecule has 0 spiro atoms. The Labute approximate surface area is 82.1 Å². The number of hydrazine groups is 1. The lowest BCUT2D eigenvalue weighted by Gasteiger charge is -2.11. The summed E-state index contributed by atoms with van der Waals surface area (Å²) in [5.74, 6) is 4.83. The molecule has 0 saturated carbocycles. The quantitative estimate of drug-likeness (QED) is 0.553. The molecule has 76 valence electrons. The average Bonchev–Trinajstić information content (AvgIpc) is 2.14. The Kier molecular flexibility index (Phi) is 3.73. The van der Waals surface area contributed by atoms with Crippen LogP contribution in [0.3, 0.4) is 0 Å². The van der Waals surface area contributed by atoms with Gasteiger partial charge in [-0.3, -0.25) is 10.6 Å². The van der Waals surface area contributed by atoms with Crippen molar-refractivity contribution < 1.29 is 9.18 Å². The second-order valence-corrected chi connectivity index (χ2v) is 3.16. The predicted molar refractivity (Wildman–Crippen MR) is 51.9 cm³/mol. The van der Waals surface area contributed by atoms with E-state index in [1.807, 2.05) is 0 Å². The number of benzene rings is 1. The molecule has 0 aliphatic carbocycles. The Hall–Kier alpha value is -1.26. The monoisotopic (exact) mass is 196 g/mol. The highest BCUT2D eigenvalue weighted by Gasteiger charge is 2.12. The molecule has 0 bridgehead atoms. The predicted octanol–water partition coefficient (Wildman–Crippen LogP) is 0.789. The number of nitrogens with two attached hydrogens (primary N) is 1. The van der Waals surface area contributed by atoms with E-state index in [4.69, 9.17) is 5.84 Å². The Morgan fingerprint density at radius 1 is 1.64 bits per heavy atom. The second kappa shape index (κ2) is 4.83. The van der Waals surface area contributed by atoms with Crippen LogP contribution in [-0.2, 0) is 11.2 Å². The maximum Gasteiger partial charge on any atom is 0.148 e. The van der Waals surface area contributed by atoms with E-state index in [2.05, 4.69) is 5.43 Å². The highest BCUT2D eigenvalue weighted by Crippen LogP contribution is 2.06. The first-order chi connectivity index (χ1) is 6.63. The molecule has 0 unspecified atom stereocenters. The SMILES string of the molecule is CC(=O)[C@@H](Cc1cccc(F)c1)NN. The number of Topliss-reactive ketones (excluding diaryl/α,β-unsaturated/α-hetero) is 1. The molecule has 3 nitrogen and oxygen atoms in total. The maximum atomic E-state index is 12.8. The topological polar surface area (TPSA) is 55.1 Å². The van der Waals surface area contributed by atoms with Gasteiger partial charge in [0, 0.05) is 0 Å². The summed E-state index contributed by atoms with van der Waals surface area (Å²) in [6.07, 6.45) is 0.406. The van der Waals surface area contributed by atoms with Crippen LogP contribution in [0.4, 0.5) is 4.39 Å². The van der Waals surface area contributed by atoms with Crippen LogP contribution in [-0.4, -0.2) is 11.8 Å². The first kappa shape index (κ1) is 10.8. The van der Waals surface area contributed by atoms with E-state index in [1.54, 1.807) is 12.1 Å². The van der Waals surface area contributed by atoms with Crippen molar-refractivity contribution in [3.63, 3.8) is 0 Å². The smallest absolute Gasteiger partial charge is 0.148 e. The van der Waals surface area contributed by atoms with Gasteiger partial charge in [0.2, 0.25) is 0 Å². The molecule has 0 aliphatic rings. The largest absolute Gasteiger partial charge is 0.298 e. The van der Waals surface area contributed by atoms with Crippen LogP contribution in [0.1, 0.15) is 12.5 Å². The summed E-state index contributed by atoms with van der Waals surface area (Å²) >= 11 is 0. The number of carbonyl (C=O) groups excluding carboxylic acids is 1. The number of carbonyl (C=O) groups is 1. The van der Waals surface area contributed by atoms with Gasteiger partial charge in [-0.15, -0.1) is 0 Å². The third-order valence-corrected chi connectivity index (χ3v) is 2.02. The fourth-order valence-electron chi connectivity index (χ4n) is 1.22. The zero-order chi connectivity index (χ0) is 10.6. The van der Waals surface area contributed by atoms with Gasteiger partial charge in [0.25, 0.3) is 0 Å². The van der Waals surface area contributed by atoms with Crippen molar-refractivity contribution in [1.82, 2.24) is 5.43 Å². The Bertz CT molecular complexity index is 328. The van der Waals surface area contributed by atoms with Crippen LogP contribution in [0.15, 0.2) is 24.3 Å². The van der Waals surface area contributed by atoms with Crippen LogP contribution >= 0.6 is 0 Å². The summed E-state index contributed by atoms with van der Waals surface area (Å²) in [6.45, 7) is 1.45. The molecule has 0 heterocycles. The minimum Gasteiger partial charge on any atom is -0.298 e. The van der Waals surface area contributed by atoms with Crippen LogP contribution in [0.2, 0.25) is 0 Å². The van der Waals surface area contributed by atoms with Crippen molar-refractivity contribution in [2.45, 2.75) is 19.4 Å². The lowest BCUT2D eigenvalue weighted by molar-refractivity contribution is -0.118. The van der Waals surface area contributed by atoms with Gasteiger partial charge in [-0.05, 0) is 31.0 Å². The average molecular weight is 196 g/mol. The molecule has 1 aromatic carbocycles.